The molecule has 1 heterocycles. The van der Waals surface area contributed by atoms with E-state index in [-0.39, 0.29) is 0 Å². The maximum absolute atomic E-state index is 5.34. The lowest BCUT2D eigenvalue weighted by molar-refractivity contribution is 0.0374. The first-order valence-electron chi connectivity index (χ1n) is 7.22. The highest BCUT2D eigenvalue weighted by Crippen LogP contribution is 2.06. The summed E-state index contributed by atoms with van der Waals surface area (Å²) < 4.78 is 5.34. The van der Waals surface area contributed by atoms with E-state index in [4.69, 9.17) is 4.74 Å². The number of nitrogens with zero attached hydrogens (tertiary/aromatic N) is 1. The summed E-state index contributed by atoms with van der Waals surface area (Å²) in [5.41, 5.74) is 0. The van der Waals surface area contributed by atoms with Gasteiger partial charge in [-0.05, 0) is 45.2 Å². The number of nitrogens with one attached hydrogen (secondary N) is 1. The minimum atomic E-state index is 0.669. The number of ether oxygens (including phenoxy) is 1. The van der Waals surface area contributed by atoms with E-state index in [1.54, 1.807) is 0 Å². The molecule has 1 N–H and O–H groups in total. The summed E-state index contributed by atoms with van der Waals surface area (Å²) in [5.74, 6) is 0.826. The van der Waals surface area contributed by atoms with Crippen molar-refractivity contribution in [3.05, 3.63) is 0 Å². The minimum absolute atomic E-state index is 0.669. The Morgan fingerprint density at radius 3 is 2.47 bits per heavy atom. The Balaban J connectivity index is 1.92. The Hall–Kier alpha value is -0.120. The Morgan fingerprint density at radius 1 is 1.12 bits per heavy atom. The van der Waals surface area contributed by atoms with Crippen LogP contribution in [-0.2, 0) is 4.74 Å². The van der Waals surface area contributed by atoms with Crippen LogP contribution in [0.3, 0.4) is 0 Å². The van der Waals surface area contributed by atoms with Gasteiger partial charge >= 0.3 is 0 Å². The highest BCUT2D eigenvalue weighted by Gasteiger charge is 2.09. The Kier molecular flexibility index (Phi) is 7.82. The molecular formula is C14H30N2O. The van der Waals surface area contributed by atoms with Crippen LogP contribution in [0.4, 0.5) is 0 Å². The van der Waals surface area contributed by atoms with Crippen LogP contribution in [0.5, 0.6) is 0 Å². The van der Waals surface area contributed by atoms with Gasteiger partial charge in [-0.15, -0.1) is 0 Å². The predicted octanol–water partition coefficient (Wildman–Crippen LogP) is 2.12. The van der Waals surface area contributed by atoms with Crippen molar-refractivity contribution in [2.75, 3.05) is 39.4 Å². The Morgan fingerprint density at radius 2 is 1.82 bits per heavy atom. The highest BCUT2D eigenvalue weighted by molar-refractivity contribution is 4.65. The van der Waals surface area contributed by atoms with E-state index in [0.29, 0.717) is 6.04 Å². The van der Waals surface area contributed by atoms with Gasteiger partial charge in [-0.3, -0.25) is 4.90 Å². The molecule has 0 aliphatic carbocycles. The zero-order valence-electron chi connectivity index (χ0n) is 11.9. The van der Waals surface area contributed by atoms with E-state index in [2.05, 4.69) is 31.0 Å². The second kappa shape index (κ2) is 8.90. The van der Waals surface area contributed by atoms with Crippen molar-refractivity contribution < 1.29 is 4.74 Å². The topological polar surface area (TPSA) is 24.5 Å². The van der Waals surface area contributed by atoms with Gasteiger partial charge in [0.15, 0.2) is 0 Å². The zero-order chi connectivity index (χ0) is 12.5. The quantitative estimate of drug-likeness (QED) is 0.660. The van der Waals surface area contributed by atoms with E-state index >= 15 is 0 Å². The summed E-state index contributed by atoms with van der Waals surface area (Å²) >= 11 is 0. The van der Waals surface area contributed by atoms with Crippen molar-refractivity contribution in [2.24, 2.45) is 5.92 Å². The first kappa shape index (κ1) is 14.9. The van der Waals surface area contributed by atoms with Crippen LogP contribution in [0.2, 0.25) is 0 Å². The molecule has 1 rings (SSSR count). The fraction of sp³-hybridized carbons (Fsp3) is 1.00. The van der Waals surface area contributed by atoms with Gasteiger partial charge in [-0.25, -0.2) is 0 Å². The number of hydrogen-bond donors (Lipinski definition) is 1. The summed E-state index contributed by atoms with van der Waals surface area (Å²) in [4.78, 5) is 2.50. The van der Waals surface area contributed by atoms with Crippen molar-refractivity contribution in [3.8, 4) is 0 Å². The predicted molar refractivity (Wildman–Crippen MR) is 73.4 cm³/mol. The molecule has 0 radical (unpaired) electrons. The average Bonchev–Trinajstić information content (AvgIpc) is 2.33. The molecule has 0 aromatic carbocycles. The molecule has 3 nitrogen and oxygen atoms in total. The van der Waals surface area contributed by atoms with Crippen LogP contribution in [0.15, 0.2) is 0 Å². The smallest absolute Gasteiger partial charge is 0.0594 e. The molecule has 1 fully saturated rings. The third-order valence-electron chi connectivity index (χ3n) is 3.42. The highest BCUT2D eigenvalue weighted by atomic mass is 16.5. The molecule has 3 heteroatoms. The molecule has 102 valence electrons. The number of rotatable bonds is 8. The number of morpholine rings is 1. The Bertz CT molecular complexity index is 179. The molecule has 1 unspecified atom stereocenters. The first-order valence-corrected chi connectivity index (χ1v) is 7.22. The minimum Gasteiger partial charge on any atom is -0.379 e. The van der Waals surface area contributed by atoms with E-state index in [1.807, 2.05) is 0 Å². The van der Waals surface area contributed by atoms with E-state index in [9.17, 15) is 0 Å². The van der Waals surface area contributed by atoms with E-state index in [1.165, 1.54) is 25.8 Å². The molecule has 1 saturated heterocycles. The van der Waals surface area contributed by atoms with Crippen molar-refractivity contribution in [3.63, 3.8) is 0 Å². The molecule has 0 amide bonds. The third kappa shape index (κ3) is 7.74. The van der Waals surface area contributed by atoms with Crippen LogP contribution in [0.25, 0.3) is 0 Å². The maximum Gasteiger partial charge on any atom is 0.0594 e. The number of hydrogen-bond acceptors (Lipinski definition) is 3. The van der Waals surface area contributed by atoms with Crippen LogP contribution in [0.1, 0.15) is 40.0 Å². The van der Waals surface area contributed by atoms with Gasteiger partial charge in [0.2, 0.25) is 0 Å². The lowest BCUT2D eigenvalue weighted by Crippen LogP contribution is -2.38. The van der Waals surface area contributed by atoms with Gasteiger partial charge in [0.1, 0.15) is 0 Å². The maximum atomic E-state index is 5.34. The van der Waals surface area contributed by atoms with Gasteiger partial charge in [0, 0.05) is 19.1 Å². The van der Waals surface area contributed by atoms with Crippen LogP contribution in [-0.4, -0.2) is 50.3 Å². The van der Waals surface area contributed by atoms with Crippen LogP contribution >= 0.6 is 0 Å². The largest absolute Gasteiger partial charge is 0.379 e. The molecule has 0 bridgehead atoms. The van der Waals surface area contributed by atoms with E-state index < -0.39 is 0 Å². The molecule has 0 saturated carbocycles. The molecular weight excluding hydrogens is 212 g/mol. The van der Waals surface area contributed by atoms with Crippen molar-refractivity contribution in [2.45, 2.75) is 46.1 Å². The Labute approximate surface area is 107 Å². The SMILES string of the molecule is CC(C)CCC(C)NCCCN1CCOCC1. The lowest BCUT2D eigenvalue weighted by Gasteiger charge is -2.26. The van der Waals surface area contributed by atoms with Gasteiger partial charge in [-0.2, -0.15) is 0 Å². The zero-order valence-corrected chi connectivity index (χ0v) is 11.9. The molecule has 17 heavy (non-hydrogen) atoms. The fourth-order valence-electron chi connectivity index (χ4n) is 2.16. The average molecular weight is 242 g/mol. The molecule has 0 aromatic rings. The standard InChI is InChI=1S/C14H30N2O/c1-13(2)5-6-14(3)15-7-4-8-16-9-11-17-12-10-16/h13-15H,4-12H2,1-3H3. The van der Waals surface area contributed by atoms with Gasteiger partial charge in [0.05, 0.1) is 13.2 Å². The third-order valence-corrected chi connectivity index (χ3v) is 3.42. The molecule has 1 atom stereocenters. The van der Waals surface area contributed by atoms with Crippen LogP contribution < -0.4 is 5.32 Å². The molecule has 1 aliphatic heterocycles. The summed E-state index contributed by atoms with van der Waals surface area (Å²) in [7, 11) is 0. The van der Waals surface area contributed by atoms with Gasteiger partial charge in [-0.1, -0.05) is 13.8 Å². The molecule has 0 spiro atoms. The van der Waals surface area contributed by atoms with Gasteiger partial charge < -0.3 is 10.1 Å². The molecule has 0 aromatic heterocycles. The summed E-state index contributed by atoms with van der Waals surface area (Å²) in [6.45, 7) is 13.3. The summed E-state index contributed by atoms with van der Waals surface area (Å²) in [5, 5.41) is 3.62. The normalized spacial score (nSPS) is 19.8. The van der Waals surface area contributed by atoms with Crippen molar-refractivity contribution in [1.29, 1.82) is 0 Å². The van der Waals surface area contributed by atoms with Crippen molar-refractivity contribution >= 4 is 0 Å². The second-order valence-corrected chi connectivity index (χ2v) is 5.63. The lowest BCUT2D eigenvalue weighted by atomic mass is 10.0. The first-order chi connectivity index (χ1) is 8.18. The van der Waals surface area contributed by atoms with Gasteiger partial charge in [0.25, 0.3) is 0 Å². The van der Waals surface area contributed by atoms with E-state index in [0.717, 1.165) is 38.8 Å². The van der Waals surface area contributed by atoms with Crippen molar-refractivity contribution in [1.82, 2.24) is 10.2 Å². The monoisotopic (exact) mass is 242 g/mol. The fourth-order valence-corrected chi connectivity index (χ4v) is 2.16. The molecule has 1 aliphatic rings. The summed E-state index contributed by atoms with van der Waals surface area (Å²) in [6, 6.07) is 0.669. The summed E-state index contributed by atoms with van der Waals surface area (Å²) in [6.07, 6.45) is 3.89. The second-order valence-electron chi connectivity index (χ2n) is 5.63. The van der Waals surface area contributed by atoms with Crippen LogP contribution in [0, 0.1) is 5.92 Å².